The summed E-state index contributed by atoms with van der Waals surface area (Å²) in [7, 11) is 1.95. The number of rotatable bonds is 4. The lowest BCUT2D eigenvalue weighted by atomic mass is 10.1. The summed E-state index contributed by atoms with van der Waals surface area (Å²) in [5.74, 6) is 0.889. The van der Waals surface area contributed by atoms with Gasteiger partial charge in [-0.1, -0.05) is 17.7 Å². The molecule has 0 unspecified atom stereocenters. The maximum absolute atomic E-state index is 5.61. The molecule has 0 spiro atoms. The first-order valence-electron chi connectivity index (χ1n) is 5.96. The van der Waals surface area contributed by atoms with Crippen molar-refractivity contribution in [3.8, 4) is 0 Å². The van der Waals surface area contributed by atoms with Crippen LogP contribution in [0.1, 0.15) is 22.6 Å². The van der Waals surface area contributed by atoms with Crippen LogP contribution in [0.25, 0.3) is 0 Å². The molecule has 0 fully saturated rings. The Morgan fingerprint density at radius 2 is 2.06 bits per heavy atom. The summed E-state index contributed by atoms with van der Waals surface area (Å²) in [5.41, 5.74) is 3.50. The Balaban J connectivity index is 2.27. The van der Waals surface area contributed by atoms with E-state index < -0.39 is 0 Å². The van der Waals surface area contributed by atoms with Crippen LogP contribution >= 0.6 is 11.8 Å². The second kappa shape index (κ2) is 5.59. The lowest BCUT2D eigenvalue weighted by molar-refractivity contribution is 0.431. The summed E-state index contributed by atoms with van der Waals surface area (Å²) in [4.78, 5) is 5.60. The van der Waals surface area contributed by atoms with E-state index in [1.54, 1.807) is 11.8 Å². The summed E-state index contributed by atoms with van der Waals surface area (Å²) in [6.45, 7) is 6.86. The summed E-state index contributed by atoms with van der Waals surface area (Å²) in [6.07, 6.45) is 0. The number of nitrogens with one attached hydrogen (secondary N) is 1. The van der Waals surface area contributed by atoms with E-state index in [1.165, 1.54) is 16.0 Å². The van der Waals surface area contributed by atoms with E-state index in [9.17, 15) is 0 Å². The second-order valence-corrected chi connectivity index (χ2v) is 5.36. The van der Waals surface area contributed by atoms with Crippen molar-refractivity contribution in [1.29, 1.82) is 0 Å². The molecule has 0 radical (unpaired) electrons. The third kappa shape index (κ3) is 2.94. The Morgan fingerprint density at radius 3 is 2.67 bits per heavy atom. The maximum atomic E-state index is 5.61. The minimum absolute atomic E-state index is 0.714. The smallest absolute Gasteiger partial charge is 0.261 e. The Labute approximate surface area is 112 Å². The van der Waals surface area contributed by atoms with Crippen LogP contribution in [0.15, 0.2) is 32.7 Å². The van der Waals surface area contributed by atoms with E-state index in [0.29, 0.717) is 5.22 Å². The Bertz CT molecular complexity index is 529. The number of hydrogen-bond acceptors (Lipinski definition) is 4. The van der Waals surface area contributed by atoms with Gasteiger partial charge in [-0.3, -0.25) is 0 Å². The van der Waals surface area contributed by atoms with Gasteiger partial charge in [-0.2, -0.15) is 0 Å². The Morgan fingerprint density at radius 1 is 1.28 bits per heavy atom. The maximum Gasteiger partial charge on any atom is 0.261 e. The molecule has 0 saturated heterocycles. The van der Waals surface area contributed by atoms with E-state index in [2.05, 4.69) is 35.4 Å². The van der Waals surface area contributed by atoms with Gasteiger partial charge < -0.3 is 9.73 Å². The number of aromatic nitrogens is 1. The van der Waals surface area contributed by atoms with Crippen molar-refractivity contribution in [3.05, 3.63) is 40.8 Å². The van der Waals surface area contributed by atoms with Crippen LogP contribution in [-0.2, 0) is 6.54 Å². The highest BCUT2D eigenvalue weighted by Gasteiger charge is 2.10. The van der Waals surface area contributed by atoms with Gasteiger partial charge in [0.25, 0.3) is 5.22 Å². The first-order chi connectivity index (χ1) is 8.60. The fraction of sp³-hybridized carbons (Fsp3) is 0.357. The lowest BCUT2D eigenvalue weighted by Gasteiger charge is -2.08. The number of nitrogens with zero attached hydrogens (tertiary/aromatic N) is 1. The molecule has 0 amide bonds. The zero-order valence-electron chi connectivity index (χ0n) is 11.2. The van der Waals surface area contributed by atoms with Crippen LogP contribution in [0, 0.1) is 20.8 Å². The molecule has 0 bridgehead atoms. The van der Waals surface area contributed by atoms with Crippen LogP contribution in [-0.4, -0.2) is 12.0 Å². The summed E-state index contributed by atoms with van der Waals surface area (Å²) >= 11 is 1.58. The van der Waals surface area contributed by atoms with Gasteiger partial charge in [-0.15, -0.1) is 0 Å². The van der Waals surface area contributed by atoms with Crippen molar-refractivity contribution in [2.75, 3.05) is 7.05 Å². The van der Waals surface area contributed by atoms with Gasteiger partial charge in [0.05, 0.1) is 5.69 Å². The quantitative estimate of drug-likeness (QED) is 0.915. The van der Waals surface area contributed by atoms with Crippen LogP contribution in [0.2, 0.25) is 0 Å². The van der Waals surface area contributed by atoms with Crippen LogP contribution in [0.3, 0.4) is 0 Å². The summed E-state index contributed by atoms with van der Waals surface area (Å²) < 4.78 is 5.61. The predicted molar refractivity (Wildman–Crippen MR) is 74.0 cm³/mol. The number of benzene rings is 1. The molecule has 1 N–H and O–H groups in total. The average Bonchev–Trinajstić information content (AvgIpc) is 2.62. The molecule has 3 nitrogen and oxygen atoms in total. The van der Waals surface area contributed by atoms with E-state index in [1.807, 2.05) is 20.9 Å². The van der Waals surface area contributed by atoms with Gasteiger partial charge in [-0.05, 0) is 51.2 Å². The molecule has 1 heterocycles. The van der Waals surface area contributed by atoms with Crippen LogP contribution in [0.4, 0.5) is 0 Å². The molecule has 1 aromatic carbocycles. The van der Waals surface area contributed by atoms with Gasteiger partial charge >= 0.3 is 0 Å². The third-order valence-corrected chi connectivity index (χ3v) is 3.76. The molecule has 0 aliphatic rings. The second-order valence-electron chi connectivity index (χ2n) is 4.36. The number of aryl methyl sites for hydroxylation is 3. The largest absolute Gasteiger partial charge is 0.436 e. The molecule has 4 heteroatoms. The van der Waals surface area contributed by atoms with Gasteiger partial charge in [0.1, 0.15) is 5.76 Å². The van der Waals surface area contributed by atoms with Crippen molar-refractivity contribution in [3.63, 3.8) is 0 Å². The van der Waals surface area contributed by atoms with Crippen molar-refractivity contribution in [2.24, 2.45) is 0 Å². The summed E-state index contributed by atoms with van der Waals surface area (Å²) in [6, 6.07) is 6.44. The van der Waals surface area contributed by atoms with Crippen molar-refractivity contribution < 1.29 is 4.42 Å². The molecule has 0 saturated carbocycles. The molecular formula is C14H18N2OS. The Hall–Kier alpha value is -1.26. The fourth-order valence-electron chi connectivity index (χ4n) is 1.72. The van der Waals surface area contributed by atoms with Gasteiger partial charge in [-0.25, -0.2) is 4.98 Å². The monoisotopic (exact) mass is 262 g/mol. The van der Waals surface area contributed by atoms with Gasteiger partial charge in [0, 0.05) is 11.4 Å². The van der Waals surface area contributed by atoms with E-state index in [4.69, 9.17) is 4.42 Å². The highest BCUT2D eigenvalue weighted by atomic mass is 32.2. The van der Waals surface area contributed by atoms with Crippen molar-refractivity contribution in [2.45, 2.75) is 37.4 Å². The third-order valence-electron chi connectivity index (χ3n) is 2.79. The minimum Gasteiger partial charge on any atom is -0.436 e. The van der Waals surface area contributed by atoms with Crippen molar-refractivity contribution >= 4 is 11.8 Å². The normalized spacial score (nSPS) is 10.9. The predicted octanol–water partition coefficient (Wildman–Crippen LogP) is 3.47. The van der Waals surface area contributed by atoms with Gasteiger partial charge in [0.15, 0.2) is 0 Å². The topological polar surface area (TPSA) is 38.1 Å². The number of oxazole rings is 1. The average molecular weight is 262 g/mol. The first kappa shape index (κ1) is 13.2. The minimum atomic E-state index is 0.714. The molecule has 0 aliphatic carbocycles. The van der Waals surface area contributed by atoms with Crippen molar-refractivity contribution in [1.82, 2.24) is 10.3 Å². The zero-order valence-corrected chi connectivity index (χ0v) is 12.0. The van der Waals surface area contributed by atoms with Crippen LogP contribution in [0.5, 0.6) is 0 Å². The standard InChI is InChI=1S/C14H18N2OS/c1-9-5-6-13(12(7-9)8-15-4)18-14-16-10(2)11(3)17-14/h5-7,15H,8H2,1-4H3. The van der Waals surface area contributed by atoms with Crippen LogP contribution < -0.4 is 5.32 Å². The van der Waals surface area contributed by atoms with E-state index in [0.717, 1.165) is 18.0 Å². The first-order valence-corrected chi connectivity index (χ1v) is 6.78. The van der Waals surface area contributed by atoms with Gasteiger partial charge in [0.2, 0.25) is 0 Å². The number of hydrogen-bond donors (Lipinski definition) is 1. The summed E-state index contributed by atoms with van der Waals surface area (Å²) in [5, 5.41) is 3.90. The molecular weight excluding hydrogens is 244 g/mol. The molecule has 96 valence electrons. The zero-order chi connectivity index (χ0) is 13.1. The Kier molecular flexibility index (Phi) is 4.09. The molecule has 2 aromatic rings. The SMILES string of the molecule is CNCc1cc(C)ccc1Sc1nc(C)c(C)o1. The van der Waals surface area contributed by atoms with E-state index >= 15 is 0 Å². The lowest BCUT2D eigenvalue weighted by Crippen LogP contribution is -2.06. The molecule has 2 rings (SSSR count). The molecule has 1 aromatic heterocycles. The fourth-order valence-corrected chi connectivity index (χ4v) is 2.65. The molecule has 0 aliphatic heterocycles. The van der Waals surface area contributed by atoms with E-state index in [-0.39, 0.29) is 0 Å². The molecule has 18 heavy (non-hydrogen) atoms. The molecule has 0 atom stereocenters. The highest BCUT2D eigenvalue weighted by molar-refractivity contribution is 7.99. The highest BCUT2D eigenvalue weighted by Crippen LogP contribution is 2.31.